The van der Waals surface area contributed by atoms with E-state index in [-0.39, 0.29) is 5.91 Å². The van der Waals surface area contributed by atoms with E-state index in [0.29, 0.717) is 6.42 Å². The van der Waals surface area contributed by atoms with E-state index in [1.165, 1.54) is 0 Å². The lowest BCUT2D eigenvalue weighted by Crippen LogP contribution is -2.35. The SMILES string of the molecule is CCCC(N)C(=O)Nc1cccc(-c2csc(C)n2)c1. The van der Waals surface area contributed by atoms with E-state index >= 15 is 0 Å². The van der Waals surface area contributed by atoms with Crippen LogP contribution in [-0.4, -0.2) is 16.9 Å². The second-order valence-electron chi connectivity index (χ2n) is 4.72. The van der Waals surface area contributed by atoms with Crippen molar-refractivity contribution in [3.8, 4) is 11.3 Å². The summed E-state index contributed by atoms with van der Waals surface area (Å²) in [6.45, 7) is 3.99. The Morgan fingerprint density at radius 3 is 2.95 bits per heavy atom. The molecule has 0 saturated carbocycles. The molecule has 1 aromatic heterocycles. The molecule has 106 valence electrons. The molecule has 2 aromatic rings. The Morgan fingerprint density at radius 2 is 2.30 bits per heavy atom. The third-order valence-electron chi connectivity index (χ3n) is 2.98. The summed E-state index contributed by atoms with van der Waals surface area (Å²) in [5.41, 5.74) is 8.49. The Balaban J connectivity index is 2.12. The maximum atomic E-state index is 11.9. The molecule has 0 fully saturated rings. The number of hydrogen-bond donors (Lipinski definition) is 2. The van der Waals surface area contributed by atoms with Gasteiger partial charge in [0.05, 0.1) is 16.7 Å². The van der Waals surface area contributed by atoms with Gasteiger partial charge < -0.3 is 11.1 Å². The number of amides is 1. The number of nitrogens with zero attached hydrogens (tertiary/aromatic N) is 1. The van der Waals surface area contributed by atoms with Crippen molar-refractivity contribution >= 4 is 22.9 Å². The highest BCUT2D eigenvalue weighted by molar-refractivity contribution is 7.09. The van der Waals surface area contributed by atoms with Crippen LogP contribution in [0.15, 0.2) is 29.6 Å². The van der Waals surface area contributed by atoms with Crippen LogP contribution in [0.3, 0.4) is 0 Å². The van der Waals surface area contributed by atoms with Crippen molar-refractivity contribution in [1.82, 2.24) is 4.98 Å². The first-order valence-corrected chi connectivity index (χ1v) is 7.57. The number of benzene rings is 1. The summed E-state index contributed by atoms with van der Waals surface area (Å²) in [6.07, 6.45) is 1.59. The average Bonchev–Trinajstić information content (AvgIpc) is 2.86. The van der Waals surface area contributed by atoms with Gasteiger partial charge in [0.25, 0.3) is 0 Å². The maximum absolute atomic E-state index is 11.9. The number of hydrogen-bond acceptors (Lipinski definition) is 4. The Labute approximate surface area is 123 Å². The highest BCUT2D eigenvalue weighted by atomic mass is 32.1. The quantitative estimate of drug-likeness (QED) is 0.888. The number of nitrogens with one attached hydrogen (secondary N) is 1. The van der Waals surface area contributed by atoms with Crippen LogP contribution in [-0.2, 0) is 4.79 Å². The van der Waals surface area contributed by atoms with E-state index in [1.54, 1.807) is 11.3 Å². The van der Waals surface area contributed by atoms with Crippen molar-refractivity contribution in [3.05, 3.63) is 34.7 Å². The Kier molecular flexibility index (Phi) is 4.87. The molecule has 1 unspecified atom stereocenters. The van der Waals surface area contributed by atoms with Crippen LogP contribution in [0.5, 0.6) is 0 Å². The zero-order valence-corrected chi connectivity index (χ0v) is 12.5. The molecule has 1 atom stereocenters. The van der Waals surface area contributed by atoms with Crippen molar-refractivity contribution in [2.24, 2.45) is 5.73 Å². The van der Waals surface area contributed by atoms with Crippen LogP contribution in [0.1, 0.15) is 24.8 Å². The van der Waals surface area contributed by atoms with Gasteiger partial charge in [-0.15, -0.1) is 11.3 Å². The number of thiazole rings is 1. The van der Waals surface area contributed by atoms with E-state index < -0.39 is 6.04 Å². The van der Waals surface area contributed by atoms with Crippen molar-refractivity contribution in [2.45, 2.75) is 32.7 Å². The number of nitrogens with two attached hydrogens (primary N) is 1. The minimum atomic E-state index is -0.454. The molecule has 3 N–H and O–H groups in total. The van der Waals surface area contributed by atoms with Gasteiger partial charge in [-0.2, -0.15) is 0 Å². The van der Waals surface area contributed by atoms with Gasteiger partial charge in [0, 0.05) is 16.6 Å². The van der Waals surface area contributed by atoms with Gasteiger partial charge in [0.2, 0.25) is 5.91 Å². The fourth-order valence-corrected chi connectivity index (χ4v) is 2.55. The van der Waals surface area contributed by atoms with E-state index in [1.807, 2.05) is 43.5 Å². The monoisotopic (exact) mass is 289 g/mol. The largest absolute Gasteiger partial charge is 0.325 e. The Morgan fingerprint density at radius 1 is 1.50 bits per heavy atom. The third kappa shape index (κ3) is 3.65. The predicted molar refractivity (Wildman–Crippen MR) is 83.8 cm³/mol. The maximum Gasteiger partial charge on any atom is 0.241 e. The normalized spacial score (nSPS) is 12.2. The topological polar surface area (TPSA) is 68.0 Å². The van der Waals surface area contributed by atoms with Crippen molar-refractivity contribution < 1.29 is 4.79 Å². The van der Waals surface area contributed by atoms with E-state index in [4.69, 9.17) is 5.73 Å². The number of anilines is 1. The molecule has 0 aliphatic rings. The van der Waals surface area contributed by atoms with E-state index in [2.05, 4.69) is 10.3 Å². The van der Waals surface area contributed by atoms with Gasteiger partial charge in [0.1, 0.15) is 0 Å². The number of aryl methyl sites for hydroxylation is 1. The first-order valence-electron chi connectivity index (χ1n) is 6.69. The highest BCUT2D eigenvalue weighted by Crippen LogP contribution is 2.24. The Bertz CT molecular complexity index is 594. The summed E-state index contributed by atoms with van der Waals surface area (Å²) in [5.74, 6) is -0.140. The first kappa shape index (κ1) is 14.7. The summed E-state index contributed by atoms with van der Waals surface area (Å²) in [5, 5.41) is 5.90. The molecule has 2 rings (SSSR count). The van der Waals surface area contributed by atoms with Crippen LogP contribution < -0.4 is 11.1 Å². The minimum Gasteiger partial charge on any atom is -0.325 e. The average molecular weight is 289 g/mol. The summed E-state index contributed by atoms with van der Waals surface area (Å²) in [7, 11) is 0. The molecule has 1 aromatic carbocycles. The summed E-state index contributed by atoms with van der Waals surface area (Å²) in [4.78, 5) is 16.4. The number of rotatable bonds is 5. The van der Waals surface area contributed by atoms with Gasteiger partial charge in [-0.25, -0.2) is 4.98 Å². The fraction of sp³-hybridized carbons (Fsp3) is 0.333. The van der Waals surface area contributed by atoms with Crippen LogP contribution in [0.4, 0.5) is 5.69 Å². The highest BCUT2D eigenvalue weighted by Gasteiger charge is 2.12. The van der Waals surface area contributed by atoms with Gasteiger partial charge in [-0.1, -0.05) is 25.5 Å². The van der Waals surface area contributed by atoms with Crippen molar-refractivity contribution in [2.75, 3.05) is 5.32 Å². The van der Waals surface area contributed by atoms with Crippen LogP contribution >= 0.6 is 11.3 Å². The second kappa shape index (κ2) is 6.63. The molecular formula is C15H19N3OS. The van der Waals surface area contributed by atoms with Gasteiger partial charge in [0.15, 0.2) is 0 Å². The van der Waals surface area contributed by atoms with Gasteiger partial charge in [-0.05, 0) is 25.5 Å². The summed E-state index contributed by atoms with van der Waals surface area (Å²) >= 11 is 1.61. The molecular weight excluding hydrogens is 270 g/mol. The lowest BCUT2D eigenvalue weighted by Gasteiger charge is -2.11. The molecule has 1 heterocycles. The molecule has 1 amide bonds. The lowest BCUT2D eigenvalue weighted by molar-refractivity contribution is -0.117. The minimum absolute atomic E-state index is 0.140. The molecule has 0 saturated heterocycles. The van der Waals surface area contributed by atoms with Crippen LogP contribution in [0, 0.1) is 6.92 Å². The summed E-state index contributed by atoms with van der Waals surface area (Å²) in [6, 6.07) is 7.22. The molecule has 5 heteroatoms. The lowest BCUT2D eigenvalue weighted by atomic mass is 10.1. The van der Waals surface area contributed by atoms with Crippen molar-refractivity contribution in [1.29, 1.82) is 0 Å². The molecule has 20 heavy (non-hydrogen) atoms. The molecule has 0 spiro atoms. The zero-order chi connectivity index (χ0) is 14.5. The molecule has 0 aliphatic carbocycles. The van der Waals surface area contributed by atoms with Crippen LogP contribution in [0.2, 0.25) is 0 Å². The number of carbonyl (C=O) groups is 1. The molecule has 4 nitrogen and oxygen atoms in total. The zero-order valence-electron chi connectivity index (χ0n) is 11.7. The number of carbonyl (C=O) groups excluding carboxylic acids is 1. The van der Waals surface area contributed by atoms with Crippen molar-refractivity contribution in [3.63, 3.8) is 0 Å². The van der Waals surface area contributed by atoms with Crippen LogP contribution in [0.25, 0.3) is 11.3 Å². The second-order valence-corrected chi connectivity index (χ2v) is 5.78. The summed E-state index contributed by atoms with van der Waals surface area (Å²) < 4.78 is 0. The standard InChI is InChI=1S/C15H19N3OS/c1-3-5-13(16)15(19)18-12-7-4-6-11(8-12)14-9-20-10(2)17-14/h4,6-9,13H,3,5,16H2,1-2H3,(H,18,19). The molecule has 0 radical (unpaired) electrons. The molecule has 0 bridgehead atoms. The van der Waals surface area contributed by atoms with E-state index in [0.717, 1.165) is 28.4 Å². The van der Waals surface area contributed by atoms with E-state index in [9.17, 15) is 4.79 Å². The fourth-order valence-electron chi connectivity index (χ4n) is 1.93. The van der Waals surface area contributed by atoms with Gasteiger partial charge >= 0.3 is 0 Å². The molecule has 0 aliphatic heterocycles. The van der Waals surface area contributed by atoms with Gasteiger partial charge in [-0.3, -0.25) is 4.79 Å². The Hall–Kier alpha value is -1.72. The predicted octanol–water partition coefficient (Wildman–Crippen LogP) is 3.18. The third-order valence-corrected chi connectivity index (χ3v) is 3.75. The number of aromatic nitrogens is 1. The first-order chi connectivity index (χ1) is 9.60. The smallest absolute Gasteiger partial charge is 0.241 e.